The van der Waals surface area contributed by atoms with Crippen molar-refractivity contribution in [2.45, 2.75) is 29.5 Å². The number of thioether (sulfide) groups is 1. The van der Waals surface area contributed by atoms with Crippen molar-refractivity contribution in [3.63, 3.8) is 0 Å². The zero-order valence-corrected chi connectivity index (χ0v) is 24.0. The number of amidine groups is 1. The van der Waals surface area contributed by atoms with Crippen LogP contribution in [0.3, 0.4) is 0 Å². The minimum absolute atomic E-state index is 0.0242. The fourth-order valence-corrected chi connectivity index (χ4v) is 6.28. The molecule has 0 aliphatic carbocycles. The number of nitrogens with two attached hydrogens (primary N) is 1. The molecule has 6 N–H and O–H groups in total. The van der Waals surface area contributed by atoms with Crippen molar-refractivity contribution in [2.24, 2.45) is 5.73 Å². The normalized spacial score (nSPS) is 14.6. The molecule has 0 saturated carbocycles. The van der Waals surface area contributed by atoms with Crippen LogP contribution in [0.25, 0.3) is 11.1 Å². The Bertz CT molecular complexity index is 1560. The maximum atomic E-state index is 13.5. The number of nitrogen functional groups attached to an aromatic ring is 1. The van der Waals surface area contributed by atoms with E-state index in [2.05, 4.69) is 10.6 Å². The molecule has 42 heavy (non-hydrogen) atoms. The molecular weight excluding hydrogens is 593 g/mol. The quantitative estimate of drug-likeness (QED) is 0.182. The van der Waals surface area contributed by atoms with Gasteiger partial charge in [0, 0.05) is 28.8 Å². The third-order valence-electron chi connectivity index (χ3n) is 6.32. The summed E-state index contributed by atoms with van der Waals surface area (Å²) in [6.45, 7) is 0. The molecule has 1 saturated heterocycles. The molecule has 3 aromatic carbocycles. The van der Waals surface area contributed by atoms with Crippen molar-refractivity contribution >= 4 is 50.7 Å². The Morgan fingerprint density at radius 3 is 2.12 bits per heavy atom. The van der Waals surface area contributed by atoms with E-state index in [9.17, 15) is 26.4 Å². The van der Waals surface area contributed by atoms with E-state index in [1.807, 2.05) is 36.0 Å². The Morgan fingerprint density at radius 2 is 1.57 bits per heavy atom. The van der Waals surface area contributed by atoms with Crippen molar-refractivity contribution in [3.05, 3.63) is 78.4 Å². The van der Waals surface area contributed by atoms with Gasteiger partial charge in [0.05, 0.1) is 4.90 Å². The number of sulfone groups is 1. The van der Waals surface area contributed by atoms with Gasteiger partial charge in [0.15, 0.2) is 9.84 Å². The number of hydrogen-bond acceptors (Lipinski definition) is 7. The molecule has 3 aromatic rings. The van der Waals surface area contributed by atoms with Gasteiger partial charge in [0.1, 0.15) is 11.4 Å². The highest BCUT2D eigenvalue weighted by molar-refractivity contribution is 7.99. The number of benzene rings is 3. The molecule has 1 aliphatic rings. The highest BCUT2D eigenvalue weighted by atomic mass is 32.2. The summed E-state index contributed by atoms with van der Waals surface area (Å²) in [7, 11) is -3.37. The Labute approximate surface area is 245 Å². The van der Waals surface area contributed by atoms with Gasteiger partial charge in [0.2, 0.25) is 5.91 Å². The van der Waals surface area contributed by atoms with Gasteiger partial charge in [-0.2, -0.15) is 24.9 Å². The van der Waals surface area contributed by atoms with Gasteiger partial charge in [-0.05, 0) is 60.2 Å². The molecule has 0 spiro atoms. The lowest BCUT2D eigenvalue weighted by Crippen LogP contribution is -2.52. The first kappa shape index (κ1) is 32.5. The van der Waals surface area contributed by atoms with E-state index >= 15 is 0 Å². The fraction of sp³-hybridized carbons (Fsp3) is 0.250. The maximum absolute atomic E-state index is 13.5. The summed E-state index contributed by atoms with van der Waals surface area (Å²) in [5.41, 5.74) is 8.20. The van der Waals surface area contributed by atoms with Crippen LogP contribution in [0.2, 0.25) is 0 Å². The number of hydrogen-bond donors (Lipinski definition) is 5. The van der Waals surface area contributed by atoms with Crippen LogP contribution in [0.5, 0.6) is 0 Å². The molecule has 224 valence electrons. The second kappa shape index (κ2) is 13.3. The summed E-state index contributed by atoms with van der Waals surface area (Å²) in [4.78, 5) is 22.7. The first-order valence-corrected chi connectivity index (χ1v) is 15.5. The number of anilines is 2. The van der Waals surface area contributed by atoms with Crippen molar-refractivity contribution in [3.8, 4) is 11.1 Å². The lowest BCUT2D eigenvalue weighted by atomic mass is 9.90. The third-order valence-corrected chi connectivity index (χ3v) is 8.46. The van der Waals surface area contributed by atoms with Crippen LogP contribution in [-0.2, 0) is 19.4 Å². The van der Waals surface area contributed by atoms with E-state index in [1.165, 1.54) is 6.26 Å². The molecule has 0 radical (unpaired) electrons. The molecule has 1 fully saturated rings. The van der Waals surface area contributed by atoms with Crippen molar-refractivity contribution in [1.29, 1.82) is 5.41 Å². The zero-order chi connectivity index (χ0) is 31.1. The van der Waals surface area contributed by atoms with Gasteiger partial charge >= 0.3 is 12.1 Å². The number of rotatable bonds is 7. The molecular formula is C28H29F3N4O5S2. The van der Waals surface area contributed by atoms with E-state index in [0.29, 0.717) is 29.7 Å². The number of aliphatic carboxylic acids is 1. The van der Waals surface area contributed by atoms with Crippen LogP contribution in [-0.4, -0.2) is 60.7 Å². The fourth-order valence-electron chi connectivity index (χ4n) is 4.18. The number of carboxylic acid groups (broad SMARTS) is 1. The summed E-state index contributed by atoms with van der Waals surface area (Å²) in [5, 5.41) is 21.3. The number of nitrogens with one attached hydrogen (secondary N) is 3. The average Bonchev–Trinajstić information content (AvgIpc) is 2.93. The van der Waals surface area contributed by atoms with Crippen LogP contribution in [0.1, 0.15) is 18.4 Å². The van der Waals surface area contributed by atoms with Crippen LogP contribution in [0.15, 0.2) is 77.7 Å². The number of carbonyl (C=O) groups excluding carboxylic acids is 1. The topological polar surface area (TPSA) is 162 Å². The lowest BCUT2D eigenvalue weighted by Gasteiger charge is -2.37. The first-order valence-electron chi connectivity index (χ1n) is 12.4. The molecule has 0 aromatic heterocycles. The maximum Gasteiger partial charge on any atom is 0.490 e. The molecule has 0 bridgehead atoms. The van der Waals surface area contributed by atoms with Gasteiger partial charge in [-0.1, -0.05) is 42.5 Å². The van der Waals surface area contributed by atoms with Gasteiger partial charge < -0.3 is 21.5 Å². The molecule has 1 aliphatic heterocycles. The van der Waals surface area contributed by atoms with E-state index in [4.69, 9.17) is 21.0 Å². The van der Waals surface area contributed by atoms with E-state index in [-0.39, 0.29) is 16.6 Å². The first-order chi connectivity index (χ1) is 19.6. The highest BCUT2D eigenvalue weighted by Gasteiger charge is 2.40. The predicted octanol–water partition coefficient (Wildman–Crippen LogP) is 4.99. The van der Waals surface area contributed by atoms with Gasteiger partial charge in [-0.3, -0.25) is 10.2 Å². The number of alkyl halides is 3. The van der Waals surface area contributed by atoms with Crippen molar-refractivity contribution in [2.75, 3.05) is 28.4 Å². The number of halogens is 3. The lowest BCUT2D eigenvalue weighted by molar-refractivity contribution is -0.192. The molecule has 1 heterocycles. The van der Waals surface area contributed by atoms with Gasteiger partial charge in [0.25, 0.3) is 0 Å². The van der Waals surface area contributed by atoms with Crippen LogP contribution >= 0.6 is 11.8 Å². The summed E-state index contributed by atoms with van der Waals surface area (Å²) in [6.07, 6.45) is -2.57. The van der Waals surface area contributed by atoms with Crippen LogP contribution in [0.4, 0.5) is 24.5 Å². The van der Waals surface area contributed by atoms with E-state index in [1.54, 1.807) is 48.5 Å². The summed E-state index contributed by atoms with van der Waals surface area (Å²) in [5.74, 6) is -1.20. The number of amides is 1. The van der Waals surface area contributed by atoms with E-state index < -0.39 is 27.5 Å². The molecule has 1 amide bonds. The summed E-state index contributed by atoms with van der Waals surface area (Å²) >= 11 is 1.82. The smallest absolute Gasteiger partial charge is 0.475 e. The van der Waals surface area contributed by atoms with Crippen molar-refractivity contribution < 1.29 is 36.3 Å². The Hall–Kier alpha value is -4.04. The standard InChI is InChI=1S/C26H28N4O3S2.C2HF3O2/c1-35(32,33)23-8-3-2-7-22(23)18-9-11-20(12-10-18)29-25(31)26(13-15-34-16-14-26)30-21-6-4-5-19(17-21)24(27)28;3-2(4,5)1(6)7/h2-12,17,30H,13-16H2,1H3,(H3,27,28)(H,29,31);(H,6,7). The molecule has 0 unspecified atom stereocenters. The molecule has 0 atom stereocenters. The van der Waals surface area contributed by atoms with Crippen LogP contribution < -0.4 is 16.4 Å². The van der Waals surface area contributed by atoms with Crippen molar-refractivity contribution in [1.82, 2.24) is 0 Å². The zero-order valence-electron chi connectivity index (χ0n) is 22.4. The molecule has 4 rings (SSSR count). The highest BCUT2D eigenvalue weighted by Crippen LogP contribution is 2.33. The number of carbonyl (C=O) groups is 2. The molecule has 9 nitrogen and oxygen atoms in total. The SMILES string of the molecule is CS(=O)(=O)c1ccccc1-c1ccc(NC(=O)C2(Nc3cccc(C(=N)N)c3)CCSCC2)cc1.O=C(O)C(F)(F)F. The van der Waals surface area contributed by atoms with Gasteiger partial charge in [-0.15, -0.1) is 0 Å². The second-order valence-electron chi connectivity index (χ2n) is 9.42. The second-order valence-corrected chi connectivity index (χ2v) is 12.6. The monoisotopic (exact) mass is 622 g/mol. The Balaban J connectivity index is 0.000000616. The minimum atomic E-state index is -5.08. The predicted molar refractivity (Wildman–Crippen MR) is 158 cm³/mol. The Kier molecular flexibility index (Phi) is 10.3. The Morgan fingerprint density at radius 1 is 0.976 bits per heavy atom. The molecule has 14 heteroatoms. The van der Waals surface area contributed by atoms with Gasteiger partial charge in [-0.25, -0.2) is 13.2 Å². The largest absolute Gasteiger partial charge is 0.490 e. The minimum Gasteiger partial charge on any atom is -0.475 e. The average molecular weight is 623 g/mol. The van der Waals surface area contributed by atoms with Crippen LogP contribution in [0, 0.1) is 5.41 Å². The summed E-state index contributed by atoms with van der Waals surface area (Å²) in [6, 6.07) is 21.3. The summed E-state index contributed by atoms with van der Waals surface area (Å²) < 4.78 is 56.1. The van der Waals surface area contributed by atoms with E-state index in [0.717, 1.165) is 22.8 Å². The third kappa shape index (κ3) is 8.49. The number of carboxylic acids is 1.